The summed E-state index contributed by atoms with van der Waals surface area (Å²) in [4.78, 5) is 12.5. The number of nitrogens with two attached hydrogens (primary N) is 1. The van der Waals surface area contributed by atoms with E-state index in [1.807, 2.05) is 37.3 Å². The van der Waals surface area contributed by atoms with Crippen LogP contribution < -0.4 is 15.8 Å². The van der Waals surface area contributed by atoms with E-state index in [4.69, 9.17) is 10.5 Å². The Hall–Kier alpha value is -2.01. The Balaban J connectivity index is 1.86. The Kier molecular flexibility index (Phi) is 3.59. The summed E-state index contributed by atoms with van der Waals surface area (Å²) in [5.74, 6) is 0.374. The molecule has 0 spiro atoms. The zero-order chi connectivity index (χ0) is 15.0. The van der Waals surface area contributed by atoms with Gasteiger partial charge >= 0.3 is 0 Å². The summed E-state index contributed by atoms with van der Waals surface area (Å²) in [5.41, 5.74) is 9.03. The van der Waals surface area contributed by atoms with E-state index in [1.165, 1.54) is 0 Å². The summed E-state index contributed by atoms with van der Waals surface area (Å²) in [6, 6.07) is 11.3. The number of nitrogens with one attached hydrogen (secondary N) is 1. The molecule has 21 heavy (non-hydrogen) atoms. The van der Waals surface area contributed by atoms with Crippen LogP contribution in [0.5, 0.6) is 5.75 Å². The molecule has 1 heterocycles. The van der Waals surface area contributed by atoms with Crippen molar-refractivity contribution >= 4 is 33.2 Å². The lowest BCUT2D eigenvalue weighted by atomic mass is 10.00. The number of aryl methyl sites for hydroxylation is 1. The van der Waals surface area contributed by atoms with Crippen LogP contribution in [-0.2, 0) is 4.79 Å². The minimum absolute atomic E-state index is 0.0999. The number of halogens is 1. The standard InChI is InChI=1S/C16H15BrN2O2/c1-9-6-10(17)7-13(18)15(9)19-16(20)12-8-21-14-5-3-2-4-11(12)14/h2-7,12H,8,18H2,1H3,(H,19,20). The van der Waals surface area contributed by atoms with E-state index in [0.717, 1.165) is 21.3 Å². The van der Waals surface area contributed by atoms with Gasteiger partial charge in [-0.1, -0.05) is 34.1 Å². The van der Waals surface area contributed by atoms with Crippen LogP contribution in [0.1, 0.15) is 17.0 Å². The van der Waals surface area contributed by atoms with Crippen molar-refractivity contribution in [1.29, 1.82) is 0 Å². The highest BCUT2D eigenvalue weighted by Crippen LogP contribution is 2.35. The van der Waals surface area contributed by atoms with Gasteiger partial charge in [0.15, 0.2) is 0 Å². The van der Waals surface area contributed by atoms with Gasteiger partial charge in [0, 0.05) is 10.0 Å². The average molecular weight is 347 g/mol. The third-order valence-electron chi connectivity index (χ3n) is 3.60. The third kappa shape index (κ3) is 2.61. The highest BCUT2D eigenvalue weighted by Gasteiger charge is 2.30. The van der Waals surface area contributed by atoms with E-state index < -0.39 is 0 Å². The first-order valence-corrected chi connectivity index (χ1v) is 7.44. The van der Waals surface area contributed by atoms with Crippen LogP contribution in [-0.4, -0.2) is 12.5 Å². The highest BCUT2D eigenvalue weighted by molar-refractivity contribution is 9.10. The number of anilines is 2. The molecule has 3 rings (SSSR count). The molecule has 4 nitrogen and oxygen atoms in total. The molecule has 2 aromatic rings. The highest BCUT2D eigenvalue weighted by atomic mass is 79.9. The molecule has 0 fully saturated rings. The summed E-state index contributed by atoms with van der Waals surface area (Å²) in [7, 11) is 0. The molecular weight excluding hydrogens is 332 g/mol. The number of amides is 1. The van der Waals surface area contributed by atoms with Crippen LogP contribution in [0.3, 0.4) is 0 Å². The molecule has 3 N–H and O–H groups in total. The van der Waals surface area contributed by atoms with Gasteiger partial charge in [0.2, 0.25) is 5.91 Å². The van der Waals surface area contributed by atoms with Gasteiger partial charge < -0.3 is 15.8 Å². The van der Waals surface area contributed by atoms with Crippen LogP contribution in [0.4, 0.5) is 11.4 Å². The Morgan fingerprint density at radius 1 is 1.38 bits per heavy atom. The van der Waals surface area contributed by atoms with Crippen molar-refractivity contribution in [2.24, 2.45) is 0 Å². The topological polar surface area (TPSA) is 64.3 Å². The Morgan fingerprint density at radius 2 is 2.14 bits per heavy atom. The molecule has 0 aromatic heterocycles. The Bertz CT molecular complexity index is 692. The fourth-order valence-corrected chi connectivity index (χ4v) is 3.12. The van der Waals surface area contributed by atoms with Crippen molar-refractivity contribution in [2.75, 3.05) is 17.7 Å². The lowest BCUT2D eigenvalue weighted by Gasteiger charge is -2.14. The summed E-state index contributed by atoms with van der Waals surface area (Å²) in [6.45, 7) is 2.27. The smallest absolute Gasteiger partial charge is 0.235 e. The van der Waals surface area contributed by atoms with Crippen LogP contribution in [0.25, 0.3) is 0 Å². The first-order valence-electron chi connectivity index (χ1n) is 6.64. The molecule has 1 amide bonds. The number of para-hydroxylation sites is 1. The fraction of sp³-hybridized carbons (Fsp3) is 0.188. The van der Waals surface area contributed by atoms with Gasteiger partial charge in [0.1, 0.15) is 18.3 Å². The predicted octanol–water partition coefficient (Wildman–Crippen LogP) is 3.45. The van der Waals surface area contributed by atoms with Gasteiger partial charge in [0.05, 0.1) is 11.4 Å². The molecule has 1 unspecified atom stereocenters. The SMILES string of the molecule is Cc1cc(Br)cc(N)c1NC(=O)C1COc2ccccc21. The number of benzene rings is 2. The summed E-state index contributed by atoms with van der Waals surface area (Å²) in [5, 5.41) is 2.92. The summed E-state index contributed by atoms with van der Waals surface area (Å²) < 4.78 is 6.44. The molecule has 0 saturated heterocycles. The lowest BCUT2D eigenvalue weighted by Crippen LogP contribution is -2.23. The van der Waals surface area contributed by atoms with Gasteiger partial charge in [-0.2, -0.15) is 0 Å². The van der Waals surface area contributed by atoms with Gasteiger partial charge in [-0.15, -0.1) is 0 Å². The van der Waals surface area contributed by atoms with Crippen LogP contribution in [0.2, 0.25) is 0 Å². The van der Waals surface area contributed by atoms with Crippen LogP contribution in [0, 0.1) is 6.92 Å². The zero-order valence-electron chi connectivity index (χ0n) is 11.5. The number of hydrogen-bond acceptors (Lipinski definition) is 3. The van der Waals surface area contributed by atoms with Crippen molar-refractivity contribution in [1.82, 2.24) is 0 Å². The third-order valence-corrected chi connectivity index (χ3v) is 4.05. The van der Waals surface area contributed by atoms with Crippen molar-refractivity contribution in [3.63, 3.8) is 0 Å². The van der Waals surface area contributed by atoms with Gasteiger partial charge in [-0.25, -0.2) is 0 Å². The quantitative estimate of drug-likeness (QED) is 0.818. The minimum atomic E-state index is -0.302. The van der Waals surface area contributed by atoms with Gasteiger partial charge in [0.25, 0.3) is 0 Å². The van der Waals surface area contributed by atoms with Crippen LogP contribution >= 0.6 is 15.9 Å². The number of hydrogen-bond donors (Lipinski definition) is 2. The molecule has 0 saturated carbocycles. The molecule has 1 atom stereocenters. The maximum absolute atomic E-state index is 12.5. The molecule has 0 bridgehead atoms. The minimum Gasteiger partial charge on any atom is -0.492 e. The van der Waals surface area contributed by atoms with Crippen LogP contribution in [0.15, 0.2) is 40.9 Å². The molecule has 1 aliphatic heterocycles. The van der Waals surface area contributed by atoms with E-state index in [-0.39, 0.29) is 11.8 Å². The summed E-state index contributed by atoms with van der Waals surface area (Å²) >= 11 is 3.39. The predicted molar refractivity (Wildman–Crippen MR) is 86.6 cm³/mol. The summed E-state index contributed by atoms with van der Waals surface area (Å²) in [6.07, 6.45) is 0. The second-order valence-electron chi connectivity index (χ2n) is 5.08. The second kappa shape index (κ2) is 5.41. The van der Waals surface area contributed by atoms with Gasteiger partial charge in [-0.3, -0.25) is 4.79 Å². The molecule has 1 aliphatic rings. The Labute approximate surface area is 131 Å². The van der Waals surface area contributed by atoms with E-state index in [1.54, 1.807) is 6.07 Å². The van der Waals surface area contributed by atoms with E-state index in [9.17, 15) is 4.79 Å². The van der Waals surface area contributed by atoms with Gasteiger partial charge in [-0.05, 0) is 30.7 Å². The fourth-order valence-electron chi connectivity index (χ4n) is 2.53. The molecule has 0 aliphatic carbocycles. The number of nitrogen functional groups attached to an aromatic ring is 1. The van der Waals surface area contributed by atoms with Crippen molar-refractivity contribution in [3.05, 3.63) is 52.0 Å². The van der Waals surface area contributed by atoms with Crippen molar-refractivity contribution in [2.45, 2.75) is 12.8 Å². The lowest BCUT2D eigenvalue weighted by molar-refractivity contribution is -0.117. The first-order chi connectivity index (χ1) is 10.1. The maximum atomic E-state index is 12.5. The number of fused-ring (bicyclic) bond motifs is 1. The molecule has 0 radical (unpaired) electrons. The molecule has 5 heteroatoms. The number of rotatable bonds is 2. The zero-order valence-corrected chi connectivity index (χ0v) is 13.1. The van der Waals surface area contributed by atoms with Crippen molar-refractivity contribution in [3.8, 4) is 5.75 Å². The van der Waals surface area contributed by atoms with E-state index in [0.29, 0.717) is 18.0 Å². The normalized spacial score (nSPS) is 16.2. The maximum Gasteiger partial charge on any atom is 0.235 e. The first kappa shape index (κ1) is 13.9. The van der Waals surface area contributed by atoms with Crippen molar-refractivity contribution < 1.29 is 9.53 Å². The average Bonchev–Trinajstić information content (AvgIpc) is 2.86. The Morgan fingerprint density at radius 3 is 2.90 bits per heavy atom. The second-order valence-corrected chi connectivity index (χ2v) is 5.99. The molecule has 2 aromatic carbocycles. The molecule has 108 valence electrons. The number of carbonyl (C=O) groups is 1. The van der Waals surface area contributed by atoms with E-state index in [2.05, 4.69) is 21.2 Å². The number of ether oxygens (including phenoxy) is 1. The van der Waals surface area contributed by atoms with E-state index >= 15 is 0 Å². The number of carbonyl (C=O) groups excluding carboxylic acids is 1. The monoisotopic (exact) mass is 346 g/mol. The molecular formula is C16H15BrN2O2. The largest absolute Gasteiger partial charge is 0.492 e.